The Labute approximate surface area is 185 Å². The quantitative estimate of drug-likeness (QED) is 0.569. The maximum atomic E-state index is 13.2. The Hall–Kier alpha value is -4.00. The van der Waals surface area contributed by atoms with E-state index in [1.807, 2.05) is 30.3 Å². The molecule has 3 aromatic rings. The SMILES string of the molecule is O=C(C[C@@H]1C(=O)N(c2ccccc2)C(=O)N1CCc1ccccc1)Nc1ccc(F)cc1. The Balaban J connectivity index is 1.54. The third kappa shape index (κ3) is 4.67. The van der Waals surface area contributed by atoms with Crippen molar-refractivity contribution in [3.63, 3.8) is 0 Å². The third-order valence-electron chi connectivity index (χ3n) is 5.32. The zero-order chi connectivity index (χ0) is 22.5. The average molecular weight is 431 g/mol. The summed E-state index contributed by atoms with van der Waals surface area (Å²) in [6, 6.07) is 22.3. The molecule has 1 aliphatic heterocycles. The van der Waals surface area contributed by atoms with Crippen LogP contribution in [0.4, 0.5) is 20.6 Å². The van der Waals surface area contributed by atoms with Crippen molar-refractivity contribution >= 4 is 29.2 Å². The minimum Gasteiger partial charge on any atom is -0.326 e. The predicted molar refractivity (Wildman–Crippen MR) is 120 cm³/mol. The summed E-state index contributed by atoms with van der Waals surface area (Å²) in [5, 5.41) is 2.67. The first-order valence-electron chi connectivity index (χ1n) is 10.3. The monoisotopic (exact) mass is 431 g/mol. The van der Waals surface area contributed by atoms with E-state index in [0.29, 0.717) is 24.3 Å². The molecule has 1 saturated heterocycles. The molecule has 4 rings (SSSR count). The van der Waals surface area contributed by atoms with Gasteiger partial charge in [-0.05, 0) is 48.4 Å². The van der Waals surface area contributed by atoms with E-state index in [2.05, 4.69) is 5.32 Å². The second-order valence-corrected chi connectivity index (χ2v) is 7.50. The summed E-state index contributed by atoms with van der Waals surface area (Å²) < 4.78 is 13.1. The lowest BCUT2D eigenvalue weighted by Gasteiger charge is -2.21. The molecule has 0 aliphatic carbocycles. The van der Waals surface area contributed by atoms with Gasteiger partial charge < -0.3 is 10.2 Å². The zero-order valence-electron chi connectivity index (χ0n) is 17.3. The summed E-state index contributed by atoms with van der Waals surface area (Å²) in [5.74, 6) is -1.28. The number of anilines is 2. The number of rotatable bonds is 7. The van der Waals surface area contributed by atoms with E-state index in [0.717, 1.165) is 10.5 Å². The molecule has 4 amide bonds. The van der Waals surface area contributed by atoms with Crippen LogP contribution in [0, 0.1) is 5.82 Å². The number of para-hydroxylation sites is 1. The summed E-state index contributed by atoms with van der Waals surface area (Å²) in [6.45, 7) is 0.298. The van der Waals surface area contributed by atoms with Crippen molar-refractivity contribution in [3.8, 4) is 0 Å². The smallest absolute Gasteiger partial charge is 0.326 e. The van der Waals surface area contributed by atoms with Crippen LogP contribution in [0.3, 0.4) is 0 Å². The van der Waals surface area contributed by atoms with Crippen molar-refractivity contribution in [1.82, 2.24) is 4.90 Å². The lowest BCUT2D eigenvalue weighted by molar-refractivity contribution is -0.124. The van der Waals surface area contributed by atoms with Crippen molar-refractivity contribution < 1.29 is 18.8 Å². The normalized spacial score (nSPS) is 15.8. The van der Waals surface area contributed by atoms with Crippen LogP contribution in [0.25, 0.3) is 0 Å². The molecule has 0 bridgehead atoms. The van der Waals surface area contributed by atoms with E-state index in [9.17, 15) is 18.8 Å². The number of benzene rings is 3. The van der Waals surface area contributed by atoms with Crippen LogP contribution in [0.2, 0.25) is 0 Å². The average Bonchev–Trinajstić information content (AvgIpc) is 3.04. The van der Waals surface area contributed by atoms with Crippen molar-refractivity contribution in [2.24, 2.45) is 0 Å². The van der Waals surface area contributed by atoms with Crippen molar-refractivity contribution in [1.29, 1.82) is 0 Å². The highest BCUT2D eigenvalue weighted by Crippen LogP contribution is 2.27. The summed E-state index contributed by atoms with van der Waals surface area (Å²) >= 11 is 0. The first-order chi connectivity index (χ1) is 15.5. The van der Waals surface area contributed by atoms with Gasteiger partial charge in [0.1, 0.15) is 11.9 Å². The molecule has 0 aromatic heterocycles. The summed E-state index contributed by atoms with van der Waals surface area (Å²) in [4.78, 5) is 41.6. The molecule has 162 valence electrons. The third-order valence-corrected chi connectivity index (χ3v) is 5.32. The van der Waals surface area contributed by atoms with E-state index in [1.54, 1.807) is 30.3 Å². The second kappa shape index (κ2) is 9.43. The van der Waals surface area contributed by atoms with E-state index in [1.165, 1.54) is 29.2 Å². The van der Waals surface area contributed by atoms with Gasteiger partial charge in [-0.25, -0.2) is 14.1 Å². The standard InChI is InChI=1S/C25H22FN3O3/c26-19-11-13-20(14-12-19)27-23(30)17-22-24(31)29(21-9-5-2-6-10-21)25(32)28(22)16-15-18-7-3-1-4-8-18/h1-14,22H,15-17H2,(H,27,30)/t22-/m1/s1. The predicted octanol–water partition coefficient (Wildman–Crippen LogP) is 4.23. The van der Waals surface area contributed by atoms with Crippen molar-refractivity contribution in [2.75, 3.05) is 16.8 Å². The van der Waals surface area contributed by atoms with Gasteiger partial charge in [0.15, 0.2) is 0 Å². The molecule has 1 N–H and O–H groups in total. The fourth-order valence-electron chi connectivity index (χ4n) is 3.72. The van der Waals surface area contributed by atoms with Gasteiger partial charge in [0, 0.05) is 12.2 Å². The molecule has 32 heavy (non-hydrogen) atoms. The first-order valence-corrected chi connectivity index (χ1v) is 10.3. The number of carbonyl (C=O) groups is 3. The van der Waals surface area contributed by atoms with Crippen LogP contribution in [-0.4, -0.2) is 35.3 Å². The Morgan fingerprint density at radius 3 is 2.16 bits per heavy atom. The van der Waals surface area contributed by atoms with Crippen LogP contribution in [-0.2, 0) is 16.0 Å². The maximum Gasteiger partial charge on any atom is 0.332 e. The van der Waals surface area contributed by atoms with Crippen molar-refractivity contribution in [2.45, 2.75) is 18.9 Å². The second-order valence-electron chi connectivity index (χ2n) is 7.50. The zero-order valence-corrected chi connectivity index (χ0v) is 17.3. The number of urea groups is 1. The number of amides is 4. The molecule has 1 aliphatic rings. The Morgan fingerprint density at radius 2 is 1.50 bits per heavy atom. The highest BCUT2D eigenvalue weighted by molar-refractivity contribution is 6.22. The minimum atomic E-state index is -0.924. The highest BCUT2D eigenvalue weighted by atomic mass is 19.1. The Bertz CT molecular complexity index is 1100. The summed E-state index contributed by atoms with van der Waals surface area (Å²) in [5.41, 5.74) is 1.91. The lowest BCUT2D eigenvalue weighted by atomic mass is 10.1. The minimum absolute atomic E-state index is 0.194. The van der Waals surface area contributed by atoms with Crippen LogP contribution in [0.5, 0.6) is 0 Å². The number of halogens is 1. The van der Waals surface area contributed by atoms with Crippen LogP contribution < -0.4 is 10.2 Å². The van der Waals surface area contributed by atoms with Gasteiger partial charge in [-0.3, -0.25) is 9.59 Å². The molecular weight excluding hydrogens is 409 g/mol. The molecule has 6 nitrogen and oxygen atoms in total. The van der Waals surface area contributed by atoms with Gasteiger partial charge in [-0.1, -0.05) is 48.5 Å². The van der Waals surface area contributed by atoms with Gasteiger partial charge in [-0.15, -0.1) is 0 Å². The fraction of sp³-hybridized carbons (Fsp3) is 0.160. The topological polar surface area (TPSA) is 69.7 Å². The molecule has 1 heterocycles. The fourth-order valence-corrected chi connectivity index (χ4v) is 3.72. The van der Waals surface area contributed by atoms with Gasteiger partial charge in [0.2, 0.25) is 5.91 Å². The maximum absolute atomic E-state index is 13.2. The number of nitrogens with zero attached hydrogens (tertiary/aromatic N) is 2. The van der Waals surface area contributed by atoms with Gasteiger partial charge in [0.05, 0.1) is 12.1 Å². The number of carbonyl (C=O) groups excluding carboxylic acids is 3. The molecular formula is C25H22FN3O3. The number of imide groups is 1. The largest absolute Gasteiger partial charge is 0.332 e. The molecule has 3 aromatic carbocycles. The Morgan fingerprint density at radius 1 is 0.875 bits per heavy atom. The molecule has 1 fully saturated rings. The van der Waals surface area contributed by atoms with E-state index < -0.39 is 29.7 Å². The van der Waals surface area contributed by atoms with Crippen LogP contribution in [0.15, 0.2) is 84.9 Å². The summed E-state index contributed by atoms with van der Waals surface area (Å²) in [7, 11) is 0. The van der Waals surface area contributed by atoms with Gasteiger partial charge in [-0.2, -0.15) is 0 Å². The van der Waals surface area contributed by atoms with Crippen LogP contribution in [0.1, 0.15) is 12.0 Å². The lowest BCUT2D eigenvalue weighted by Crippen LogP contribution is -2.39. The highest BCUT2D eigenvalue weighted by Gasteiger charge is 2.46. The number of hydrogen-bond donors (Lipinski definition) is 1. The molecule has 0 unspecified atom stereocenters. The number of nitrogens with one attached hydrogen (secondary N) is 1. The van der Waals surface area contributed by atoms with Gasteiger partial charge >= 0.3 is 6.03 Å². The van der Waals surface area contributed by atoms with E-state index in [4.69, 9.17) is 0 Å². The molecule has 1 atom stereocenters. The van der Waals surface area contributed by atoms with Crippen LogP contribution >= 0.6 is 0 Å². The molecule has 7 heteroatoms. The molecule has 0 saturated carbocycles. The number of hydrogen-bond acceptors (Lipinski definition) is 3. The van der Waals surface area contributed by atoms with Gasteiger partial charge in [0.25, 0.3) is 5.91 Å². The van der Waals surface area contributed by atoms with E-state index in [-0.39, 0.29) is 6.42 Å². The first kappa shape index (κ1) is 21.2. The summed E-state index contributed by atoms with van der Waals surface area (Å²) in [6.07, 6.45) is 0.360. The van der Waals surface area contributed by atoms with Crippen molar-refractivity contribution in [3.05, 3.63) is 96.3 Å². The molecule has 0 spiro atoms. The molecule has 0 radical (unpaired) electrons. The van der Waals surface area contributed by atoms with E-state index >= 15 is 0 Å². The Kier molecular flexibility index (Phi) is 6.26.